The Kier molecular flexibility index (Phi) is 8.42. The summed E-state index contributed by atoms with van der Waals surface area (Å²) in [6.07, 6.45) is 0. The van der Waals surface area contributed by atoms with Gasteiger partial charge in [0.1, 0.15) is 5.69 Å². The third kappa shape index (κ3) is 6.43. The number of nitrogens with zero attached hydrogens (tertiary/aromatic N) is 3. The predicted octanol–water partition coefficient (Wildman–Crippen LogP) is 4.88. The third-order valence-electron chi connectivity index (χ3n) is 6.22. The van der Waals surface area contributed by atoms with Crippen molar-refractivity contribution in [3.63, 3.8) is 0 Å². The first-order chi connectivity index (χ1) is 16.0. The van der Waals surface area contributed by atoms with E-state index in [1.165, 1.54) is 6.07 Å². The van der Waals surface area contributed by atoms with E-state index in [1.807, 2.05) is 75.0 Å². The van der Waals surface area contributed by atoms with Crippen LogP contribution in [0.3, 0.4) is 0 Å². The van der Waals surface area contributed by atoms with Crippen molar-refractivity contribution in [3.8, 4) is 5.75 Å². The second-order valence-electron chi connectivity index (χ2n) is 11.5. The van der Waals surface area contributed by atoms with Crippen molar-refractivity contribution < 1.29 is 35.1 Å². The lowest BCUT2D eigenvalue weighted by atomic mass is 9.79. The van der Waals surface area contributed by atoms with Gasteiger partial charge in [-0.15, -0.1) is 5.11 Å². The maximum Gasteiger partial charge on any atom is 0.534 e. The molecule has 1 aliphatic heterocycles. The largest absolute Gasteiger partial charge is 0.534 e. The summed E-state index contributed by atoms with van der Waals surface area (Å²) in [6.45, 7) is 20.6. The molecule has 0 aromatic heterocycles. The van der Waals surface area contributed by atoms with Crippen molar-refractivity contribution >= 4 is 41.6 Å². The molecule has 204 valence electrons. The van der Waals surface area contributed by atoms with Gasteiger partial charge < -0.3 is 13.5 Å². The highest BCUT2D eigenvalue weighted by molar-refractivity contribution is 7.88. The molecule has 8 nitrogen and oxygen atoms in total. The van der Waals surface area contributed by atoms with Gasteiger partial charge in [-0.3, -0.25) is 5.01 Å². The number of halogens is 3. The first-order valence-corrected chi connectivity index (χ1v) is 16.7. The van der Waals surface area contributed by atoms with Crippen molar-refractivity contribution in [2.45, 2.75) is 104 Å². The Labute approximate surface area is 213 Å². The van der Waals surface area contributed by atoms with Crippen molar-refractivity contribution in [1.82, 2.24) is 5.01 Å². The number of benzene rings is 1. The zero-order chi connectivity index (χ0) is 28.1. The molecule has 0 atom stereocenters. The summed E-state index contributed by atoms with van der Waals surface area (Å²) >= 11 is 0. The molecule has 0 aliphatic carbocycles. The summed E-state index contributed by atoms with van der Waals surface area (Å²) < 4.78 is 81.0. The van der Waals surface area contributed by atoms with Crippen LogP contribution in [0.15, 0.2) is 22.5 Å². The Balaban J connectivity index is 2.81. The lowest BCUT2D eigenvalue weighted by Crippen LogP contribution is -2.45. The average molecular weight is 552 g/mol. The molecule has 0 N–H and O–H groups in total. The molecule has 2 rings (SSSR count). The fourth-order valence-corrected chi connectivity index (χ4v) is 5.55. The van der Waals surface area contributed by atoms with Gasteiger partial charge in [-0.25, -0.2) is 0 Å². The fourth-order valence-electron chi connectivity index (χ4n) is 3.53. The molecule has 14 heteroatoms. The van der Waals surface area contributed by atoms with Crippen LogP contribution in [0.2, 0.25) is 19.6 Å². The molecule has 1 saturated heterocycles. The minimum absolute atomic E-state index is 0.0697. The van der Waals surface area contributed by atoms with Gasteiger partial charge in [-0.05, 0) is 72.1 Å². The lowest BCUT2D eigenvalue weighted by Gasteiger charge is -2.32. The van der Waals surface area contributed by atoms with Crippen molar-refractivity contribution in [2.75, 3.05) is 0 Å². The summed E-state index contributed by atoms with van der Waals surface area (Å²) in [4.78, 5) is 0. The van der Waals surface area contributed by atoms with Gasteiger partial charge in [0.2, 0.25) is 0 Å². The zero-order valence-electron chi connectivity index (χ0n) is 22.8. The van der Waals surface area contributed by atoms with Crippen molar-refractivity contribution in [3.05, 3.63) is 12.1 Å². The minimum Gasteiger partial charge on any atom is -0.399 e. The molecular formula is C22H37BF3N3O5SSi. The van der Waals surface area contributed by atoms with Crippen LogP contribution in [0.5, 0.6) is 5.75 Å². The molecule has 0 amide bonds. The molecule has 0 saturated carbocycles. The summed E-state index contributed by atoms with van der Waals surface area (Å²) in [5.74, 6) is -0.483. The monoisotopic (exact) mass is 551 g/mol. The molecule has 1 aromatic rings. The van der Waals surface area contributed by atoms with Gasteiger partial charge in [-0.1, -0.05) is 30.9 Å². The van der Waals surface area contributed by atoms with Crippen LogP contribution < -0.4 is 14.8 Å². The van der Waals surface area contributed by atoms with E-state index in [0.29, 0.717) is 10.6 Å². The Morgan fingerprint density at radius 3 is 1.86 bits per heavy atom. The van der Waals surface area contributed by atoms with Crippen molar-refractivity contribution in [2.24, 2.45) is 10.3 Å². The molecule has 1 aromatic carbocycles. The van der Waals surface area contributed by atoms with E-state index in [4.69, 9.17) is 13.5 Å². The van der Waals surface area contributed by atoms with E-state index in [1.54, 1.807) is 11.1 Å². The molecule has 0 spiro atoms. The maximum atomic E-state index is 13.3. The molecule has 1 fully saturated rings. The summed E-state index contributed by atoms with van der Waals surface area (Å²) in [5.41, 5.74) is -6.61. The highest BCUT2D eigenvalue weighted by Crippen LogP contribution is 2.38. The van der Waals surface area contributed by atoms with Gasteiger partial charge in [0.05, 0.1) is 19.3 Å². The molecule has 0 radical (unpaired) electrons. The van der Waals surface area contributed by atoms with E-state index >= 15 is 0 Å². The smallest absolute Gasteiger partial charge is 0.399 e. The van der Waals surface area contributed by atoms with Gasteiger partial charge in [0.25, 0.3) is 0 Å². The Morgan fingerprint density at radius 1 is 1.00 bits per heavy atom. The second-order valence-corrected chi connectivity index (χ2v) is 18.1. The number of rotatable bonds is 8. The van der Waals surface area contributed by atoms with Crippen LogP contribution >= 0.6 is 0 Å². The van der Waals surface area contributed by atoms with E-state index in [2.05, 4.69) is 10.3 Å². The molecule has 36 heavy (non-hydrogen) atoms. The normalized spacial score (nSPS) is 18.5. The molecule has 0 unspecified atom stereocenters. The molecule has 1 heterocycles. The lowest BCUT2D eigenvalue weighted by molar-refractivity contribution is -0.0499. The maximum absolute atomic E-state index is 13.3. The first kappa shape index (κ1) is 30.6. The van der Waals surface area contributed by atoms with E-state index < -0.39 is 47.8 Å². The van der Waals surface area contributed by atoms with Gasteiger partial charge in [-0.2, -0.15) is 21.6 Å². The van der Waals surface area contributed by atoms with Gasteiger partial charge in [0.15, 0.2) is 5.75 Å². The highest BCUT2D eigenvalue weighted by atomic mass is 32.2. The van der Waals surface area contributed by atoms with Crippen LogP contribution in [0.25, 0.3) is 0 Å². The third-order valence-corrected chi connectivity index (χ3v) is 9.16. The number of hydrogen-bond acceptors (Lipinski definition) is 7. The van der Waals surface area contributed by atoms with Crippen LogP contribution in [0, 0.1) is 0 Å². The summed E-state index contributed by atoms with van der Waals surface area (Å²) in [5, 5.41) is 10.4. The van der Waals surface area contributed by atoms with Crippen LogP contribution in [0.1, 0.15) is 55.4 Å². The van der Waals surface area contributed by atoms with E-state index in [9.17, 15) is 21.6 Å². The zero-order valence-corrected chi connectivity index (χ0v) is 24.6. The second kappa shape index (κ2) is 9.92. The Bertz CT molecular complexity index is 1080. The summed E-state index contributed by atoms with van der Waals surface area (Å²) in [7, 11) is -9.31. The average Bonchev–Trinajstić information content (AvgIpc) is 2.87. The van der Waals surface area contributed by atoms with Crippen molar-refractivity contribution in [1.29, 1.82) is 0 Å². The highest BCUT2D eigenvalue weighted by Gasteiger charge is 2.53. The molecular weight excluding hydrogens is 514 g/mol. The predicted molar refractivity (Wildman–Crippen MR) is 137 cm³/mol. The number of alkyl halides is 3. The van der Waals surface area contributed by atoms with Crippen LogP contribution in [-0.4, -0.2) is 57.4 Å². The fraction of sp³-hybridized carbons (Fsp3) is 0.727. The Hall–Kier alpha value is -1.64. The quantitative estimate of drug-likeness (QED) is 0.151. The van der Waals surface area contributed by atoms with Gasteiger partial charge >= 0.3 is 22.7 Å². The standard InChI is InChI=1S/C22H37BF3N3O5SSi/c1-14(2)29(15(3)4)28-27-17-12-16(23-33-20(5,6)21(7,8)34-23)13-18(36(9,10)11)19(17)32-35(30,31)22(24,25)26/h12-15H,1-11H3. The number of hydrogen-bond donors (Lipinski definition) is 0. The molecule has 1 aliphatic rings. The van der Waals surface area contributed by atoms with Gasteiger partial charge in [0, 0.05) is 12.1 Å². The SMILES string of the molecule is CC(C)N(N=Nc1cc(B2OC(C)(C)C(C)(C)O2)cc([Si](C)(C)C)c1OS(=O)(=O)C(F)(F)F)C(C)C. The first-order valence-electron chi connectivity index (χ1n) is 11.7. The Morgan fingerprint density at radius 2 is 1.47 bits per heavy atom. The van der Waals surface area contributed by atoms with E-state index in [-0.39, 0.29) is 17.8 Å². The summed E-state index contributed by atoms with van der Waals surface area (Å²) in [6, 6.07) is 2.87. The van der Waals surface area contributed by atoms with E-state index in [0.717, 1.165) is 0 Å². The topological polar surface area (TPSA) is 89.8 Å². The van der Waals surface area contributed by atoms with Crippen LogP contribution in [0.4, 0.5) is 18.9 Å². The minimum atomic E-state index is -5.95. The molecule has 0 bridgehead atoms. The van der Waals surface area contributed by atoms with Crippen LogP contribution in [-0.2, 0) is 19.4 Å².